The maximum absolute atomic E-state index is 14.4. The van der Waals surface area contributed by atoms with Gasteiger partial charge in [-0.05, 0) is 106 Å². The largest absolute Gasteiger partial charge is 0.444 e. The summed E-state index contributed by atoms with van der Waals surface area (Å²) in [5.74, 6) is -0.127. The molecule has 1 aliphatic heterocycles. The van der Waals surface area contributed by atoms with Crippen LogP contribution in [0.4, 0.5) is 16.3 Å². The molecule has 3 aromatic rings. The summed E-state index contributed by atoms with van der Waals surface area (Å²) in [6, 6.07) is 18.5. The van der Waals surface area contributed by atoms with Gasteiger partial charge in [-0.25, -0.2) is 9.78 Å². The number of amides is 4. The Labute approximate surface area is 296 Å². The summed E-state index contributed by atoms with van der Waals surface area (Å²) in [5.41, 5.74) is 2.84. The van der Waals surface area contributed by atoms with Gasteiger partial charge in [0.1, 0.15) is 18.0 Å². The van der Waals surface area contributed by atoms with Crippen LogP contribution in [0, 0.1) is 5.41 Å². The van der Waals surface area contributed by atoms with Crippen molar-refractivity contribution in [1.29, 1.82) is 0 Å². The topological polar surface area (TPSA) is 133 Å². The number of rotatable bonds is 13. The van der Waals surface area contributed by atoms with E-state index in [-0.39, 0.29) is 43.8 Å². The van der Waals surface area contributed by atoms with E-state index in [1.807, 2.05) is 77.1 Å². The van der Waals surface area contributed by atoms with E-state index in [4.69, 9.17) is 4.74 Å². The van der Waals surface area contributed by atoms with Crippen molar-refractivity contribution in [2.45, 2.75) is 85.4 Å². The maximum atomic E-state index is 14.4. The van der Waals surface area contributed by atoms with Crippen molar-refractivity contribution in [3.05, 3.63) is 89.1 Å². The third-order valence-corrected chi connectivity index (χ3v) is 9.06. The molecule has 1 aromatic heterocycles. The van der Waals surface area contributed by atoms with Crippen molar-refractivity contribution < 1.29 is 23.9 Å². The Kier molecular flexibility index (Phi) is 13.1. The molecule has 11 heteroatoms. The lowest BCUT2D eigenvalue weighted by atomic mass is 9.75. The molecule has 4 rings (SSSR count). The van der Waals surface area contributed by atoms with Crippen LogP contribution in [0.5, 0.6) is 0 Å². The third-order valence-electron chi connectivity index (χ3n) is 9.06. The molecule has 0 spiro atoms. The first kappa shape index (κ1) is 38.0. The molecular formula is C39H52N6O5. The van der Waals surface area contributed by atoms with Crippen LogP contribution in [0.15, 0.2) is 66.9 Å². The summed E-state index contributed by atoms with van der Waals surface area (Å²) in [6.45, 7) is 11.3. The fourth-order valence-corrected chi connectivity index (χ4v) is 6.27. The summed E-state index contributed by atoms with van der Waals surface area (Å²) in [5, 5.41) is 9.17. The molecule has 4 amide bonds. The molecule has 0 bridgehead atoms. The Morgan fingerprint density at radius 3 is 2.16 bits per heavy atom. The fraction of sp³-hybridized carbons (Fsp3) is 0.462. The fourth-order valence-electron chi connectivity index (χ4n) is 6.27. The Hall–Kier alpha value is -4.77. The van der Waals surface area contributed by atoms with E-state index >= 15 is 0 Å². The van der Waals surface area contributed by atoms with Crippen molar-refractivity contribution >= 4 is 35.3 Å². The molecule has 0 atom stereocenters. The molecule has 1 fully saturated rings. The van der Waals surface area contributed by atoms with Crippen molar-refractivity contribution in [3.8, 4) is 0 Å². The molecule has 0 unspecified atom stereocenters. The van der Waals surface area contributed by atoms with Gasteiger partial charge in [-0.2, -0.15) is 0 Å². The second-order valence-corrected chi connectivity index (χ2v) is 14.0. The monoisotopic (exact) mass is 684 g/mol. The molecule has 50 heavy (non-hydrogen) atoms. The Balaban J connectivity index is 1.55. The zero-order valence-corrected chi connectivity index (χ0v) is 30.3. The lowest BCUT2D eigenvalue weighted by Crippen LogP contribution is -2.50. The number of anilines is 2. The Bertz CT molecular complexity index is 1630. The lowest BCUT2D eigenvalue weighted by Gasteiger charge is -2.39. The minimum atomic E-state index is -0.631. The average molecular weight is 685 g/mol. The highest BCUT2D eigenvalue weighted by Gasteiger charge is 2.41. The molecule has 1 aliphatic rings. The van der Waals surface area contributed by atoms with Crippen LogP contribution in [0.2, 0.25) is 0 Å². The predicted octanol–water partition coefficient (Wildman–Crippen LogP) is 5.94. The van der Waals surface area contributed by atoms with Gasteiger partial charge in [0, 0.05) is 32.0 Å². The number of piperidine rings is 1. The van der Waals surface area contributed by atoms with Gasteiger partial charge < -0.3 is 30.5 Å². The van der Waals surface area contributed by atoms with Gasteiger partial charge in [-0.1, -0.05) is 50.2 Å². The predicted molar refractivity (Wildman–Crippen MR) is 195 cm³/mol. The summed E-state index contributed by atoms with van der Waals surface area (Å²) in [7, 11) is 1.68. The van der Waals surface area contributed by atoms with E-state index in [1.54, 1.807) is 36.3 Å². The number of aromatic nitrogens is 1. The number of hydrogen-bond donors (Lipinski definition) is 3. The first-order valence-corrected chi connectivity index (χ1v) is 17.5. The molecular weight excluding hydrogens is 632 g/mol. The molecule has 268 valence electrons. The molecule has 11 nitrogen and oxygen atoms in total. The minimum Gasteiger partial charge on any atom is -0.444 e. The maximum Gasteiger partial charge on any atom is 0.410 e. The van der Waals surface area contributed by atoms with Crippen LogP contribution in [-0.4, -0.2) is 70.9 Å². The van der Waals surface area contributed by atoms with Crippen LogP contribution in [-0.2, 0) is 45.1 Å². The highest BCUT2D eigenvalue weighted by molar-refractivity contribution is 5.96. The smallest absolute Gasteiger partial charge is 0.410 e. The van der Waals surface area contributed by atoms with Crippen LogP contribution in [0.1, 0.15) is 76.1 Å². The van der Waals surface area contributed by atoms with E-state index in [2.05, 4.69) is 20.9 Å². The van der Waals surface area contributed by atoms with E-state index in [1.165, 1.54) is 4.90 Å². The van der Waals surface area contributed by atoms with Crippen LogP contribution in [0.25, 0.3) is 0 Å². The number of hydrogen-bond acceptors (Lipinski definition) is 7. The van der Waals surface area contributed by atoms with Gasteiger partial charge in [0.15, 0.2) is 0 Å². The third kappa shape index (κ3) is 10.6. The number of benzene rings is 2. The molecule has 0 aliphatic carbocycles. The second-order valence-electron chi connectivity index (χ2n) is 14.0. The number of ether oxygens (including phenoxy) is 1. The highest BCUT2D eigenvalue weighted by atomic mass is 16.6. The lowest BCUT2D eigenvalue weighted by molar-refractivity contribution is -0.146. The van der Waals surface area contributed by atoms with Gasteiger partial charge in [0.05, 0.1) is 11.8 Å². The second kappa shape index (κ2) is 17.2. The number of aryl methyl sites for hydroxylation is 1. The number of carbonyl (C=O) groups is 4. The Morgan fingerprint density at radius 2 is 1.54 bits per heavy atom. The first-order chi connectivity index (χ1) is 23.8. The molecule has 2 aromatic carbocycles. The molecule has 2 heterocycles. The summed E-state index contributed by atoms with van der Waals surface area (Å²) in [4.78, 5) is 61.1. The molecule has 0 saturated carbocycles. The molecule has 0 radical (unpaired) electrons. The average Bonchev–Trinajstić information content (AvgIpc) is 3.08. The summed E-state index contributed by atoms with van der Waals surface area (Å²) < 4.78 is 5.56. The first-order valence-electron chi connectivity index (χ1n) is 17.5. The SMILES string of the molecule is CCc1ccc(NC(=O)CN(Cc2ccccc2CN(C)C(=O)OC(C)(C)C)C(=O)C2(CC)CCNCC2)cc1CC(=O)Nc1ccccn1. The molecule has 1 saturated heterocycles. The van der Waals surface area contributed by atoms with Gasteiger partial charge in [-0.15, -0.1) is 0 Å². The van der Waals surface area contributed by atoms with Crippen molar-refractivity contribution in [3.63, 3.8) is 0 Å². The van der Waals surface area contributed by atoms with Gasteiger partial charge in [0.2, 0.25) is 17.7 Å². The standard InChI is InChI=1S/C39H52N6O5/c1-7-28-16-17-32(23-31(28)24-34(46)43-33-15-11-12-20-41-33)42-35(47)27-45(36(48)39(8-2)18-21-40-22-19-39)26-30-14-10-9-13-29(30)25-44(6)37(49)50-38(3,4)5/h9-17,20,23,40H,7-8,18-19,21-22,24-27H2,1-6H3,(H,42,47)(H,41,43,46). The van der Waals surface area contributed by atoms with Gasteiger partial charge in [-0.3, -0.25) is 14.4 Å². The minimum absolute atomic E-state index is 0.0554. The van der Waals surface area contributed by atoms with Gasteiger partial charge >= 0.3 is 6.09 Å². The quantitative estimate of drug-likeness (QED) is 0.203. The number of nitrogens with one attached hydrogen (secondary N) is 3. The zero-order valence-electron chi connectivity index (χ0n) is 30.3. The number of carbonyl (C=O) groups excluding carboxylic acids is 4. The van der Waals surface area contributed by atoms with Crippen molar-refractivity contribution in [2.24, 2.45) is 5.41 Å². The van der Waals surface area contributed by atoms with E-state index in [9.17, 15) is 19.2 Å². The van der Waals surface area contributed by atoms with E-state index < -0.39 is 17.1 Å². The highest BCUT2D eigenvalue weighted by Crippen LogP contribution is 2.35. The van der Waals surface area contributed by atoms with Crippen LogP contribution < -0.4 is 16.0 Å². The molecule has 3 N–H and O–H groups in total. The Morgan fingerprint density at radius 1 is 0.860 bits per heavy atom. The normalized spacial score (nSPS) is 14.0. The van der Waals surface area contributed by atoms with E-state index in [0.29, 0.717) is 30.8 Å². The van der Waals surface area contributed by atoms with Crippen molar-refractivity contribution in [1.82, 2.24) is 20.1 Å². The van der Waals surface area contributed by atoms with Crippen LogP contribution in [0.3, 0.4) is 0 Å². The van der Waals surface area contributed by atoms with Gasteiger partial charge in [0.25, 0.3) is 0 Å². The van der Waals surface area contributed by atoms with Crippen molar-refractivity contribution in [2.75, 3.05) is 37.3 Å². The number of nitrogens with zero attached hydrogens (tertiary/aromatic N) is 3. The summed E-state index contributed by atoms with van der Waals surface area (Å²) >= 11 is 0. The number of pyridine rings is 1. The summed E-state index contributed by atoms with van der Waals surface area (Å²) in [6.07, 6.45) is 4.05. The zero-order chi connectivity index (χ0) is 36.3. The van der Waals surface area contributed by atoms with Crippen LogP contribution >= 0.6 is 0 Å². The van der Waals surface area contributed by atoms with E-state index in [0.717, 1.165) is 41.8 Å².